The van der Waals surface area contributed by atoms with E-state index in [1.807, 2.05) is 0 Å². The summed E-state index contributed by atoms with van der Waals surface area (Å²) in [5.74, 6) is 0.305. The van der Waals surface area contributed by atoms with Gasteiger partial charge in [0.15, 0.2) is 9.32 Å². The van der Waals surface area contributed by atoms with Crippen molar-refractivity contribution in [2.75, 3.05) is 5.73 Å². The van der Waals surface area contributed by atoms with Crippen molar-refractivity contribution in [3.8, 4) is 0 Å². The van der Waals surface area contributed by atoms with Crippen LogP contribution in [0.4, 0.5) is 10.2 Å². The van der Waals surface area contributed by atoms with E-state index in [9.17, 15) is 9.50 Å². The molecule has 0 spiro atoms. The summed E-state index contributed by atoms with van der Waals surface area (Å²) in [6, 6.07) is -0.756. The number of hydrogen-bond acceptors (Lipinski definition) is 5. The Labute approximate surface area is 122 Å². The molecule has 2 heterocycles. The molecule has 3 rings (SSSR count). The smallest absolute Gasteiger partial charge is 0.186 e. The van der Waals surface area contributed by atoms with Gasteiger partial charge in [-0.25, -0.2) is 19.0 Å². The molecule has 3 atom stereocenters. The molecule has 102 valence electrons. The first kappa shape index (κ1) is 13.0. The first-order valence-electron chi connectivity index (χ1n) is 6.00. The largest absolute Gasteiger partial charge is 0.391 e. The topological polar surface area (TPSA) is 89.9 Å². The number of rotatable bonds is 1. The third-order valence-corrected chi connectivity index (χ3v) is 4.67. The molecule has 2 aromatic rings. The lowest BCUT2D eigenvalue weighted by Gasteiger charge is -2.37. The number of aromatic nitrogens is 4. The van der Waals surface area contributed by atoms with Crippen LogP contribution in [0.25, 0.3) is 11.0 Å². The van der Waals surface area contributed by atoms with E-state index in [4.69, 9.17) is 5.73 Å². The fourth-order valence-corrected chi connectivity index (χ4v) is 3.62. The standard InChI is InChI=1S/C11H13FIN5O/c12-11(13)3-1-2-7(19)8(11)18-10-6(4-17-18)9(14)15-5-16-10/h4-5,7-8,19H,1-3H2,(H2,14,15,16)/t7?,8-,11?/m0/s1. The van der Waals surface area contributed by atoms with Crippen molar-refractivity contribution in [3.05, 3.63) is 12.5 Å². The van der Waals surface area contributed by atoms with Gasteiger partial charge in [-0.3, -0.25) is 0 Å². The van der Waals surface area contributed by atoms with Crippen LogP contribution in [0.2, 0.25) is 0 Å². The Kier molecular flexibility index (Phi) is 3.08. The zero-order chi connectivity index (χ0) is 13.6. The molecule has 6 nitrogen and oxygen atoms in total. The van der Waals surface area contributed by atoms with E-state index in [1.165, 1.54) is 17.2 Å². The number of anilines is 1. The lowest BCUT2D eigenvalue weighted by molar-refractivity contribution is 0.0118. The molecule has 0 saturated heterocycles. The summed E-state index contributed by atoms with van der Waals surface area (Å²) in [6.45, 7) is 0. The van der Waals surface area contributed by atoms with Crippen LogP contribution in [-0.2, 0) is 0 Å². The maximum absolute atomic E-state index is 14.7. The molecule has 0 radical (unpaired) electrons. The highest BCUT2D eigenvalue weighted by atomic mass is 127. The zero-order valence-electron chi connectivity index (χ0n) is 10.0. The highest BCUT2D eigenvalue weighted by Gasteiger charge is 2.46. The van der Waals surface area contributed by atoms with Gasteiger partial charge >= 0.3 is 0 Å². The molecule has 8 heteroatoms. The predicted molar refractivity (Wildman–Crippen MR) is 76.5 cm³/mol. The van der Waals surface area contributed by atoms with Gasteiger partial charge in [0, 0.05) is 0 Å². The van der Waals surface area contributed by atoms with E-state index < -0.39 is 15.8 Å². The molecule has 1 fully saturated rings. The quantitative estimate of drug-likeness (QED) is 0.582. The number of aliphatic hydroxyl groups excluding tert-OH is 1. The van der Waals surface area contributed by atoms with E-state index >= 15 is 0 Å². The van der Waals surface area contributed by atoms with E-state index in [2.05, 4.69) is 15.1 Å². The predicted octanol–water partition coefficient (Wildman–Crippen LogP) is 1.60. The van der Waals surface area contributed by atoms with Gasteiger partial charge in [-0.05, 0) is 41.9 Å². The third-order valence-electron chi connectivity index (χ3n) is 3.49. The van der Waals surface area contributed by atoms with Crippen molar-refractivity contribution in [2.45, 2.75) is 35.1 Å². The molecule has 3 N–H and O–H groups in total. The summed E-state index contributed by atoms with van der Waals surface area (Å²) < 4.78 is 14.6. The van der Waals surface area contributed by atoms with E-state index in [0.29, 0.717) is 36.1 Å². The molecule has 1 aliphatic carbocycles. The molecule has 1 aliphatic rings. The van der Waals surface area contributed by atoms with Crippen molar-refractivity contribution in [3.63, 3.8) is 0 Å². The Balaban J connectivity index is 2.15. The molecule has 0 aromatic carbocycles. The van der Waals surface area contributed by atoms with Gasteiger partial charge in [0.1, 0.15) is 18.2 Å². The summed E-state index contributed by atoms with van der Waals surface area (Å²) in [4.78, 5) is 7.98. The van der Waals surface area contributed by atoms with Crippen molar-refractivity contribution in [1.82, 2.24) is 19.7 Å². The van der Waals surface area contributed by atoms with E-state index in [1.54, 1.807) is 22.6 Å². The summed E-state index contributed by atoms with van der Waals surface area (Å²) in [5.41, 5.74) is 6.19. The minimum absolute atomic E-state index is 0.305. The number of fused-ring (bicyclic) bond motifs is 1. The van der Waals surface area contributed by atoms with Crippen molar-refractivity contribution in [2.24, 2.45) is 0 Å². The number of aliphatic hydroxyl groups is 1. The zero-order valence-corrected chi connectivity index (χ0v) is 12.2. The van der Waals surface area contributed by atoms with Crippen LogP contribution in [0, 0.1) is 0 Å². The van der Waals surface area contributed by atoms with Gasteiger partial charge < -0.3 is 10.8 Å². The van der Waals surface area contributed by atoms with Crippen molar-refractivity contribution < 1.29 is 9.50 Å². The minimum Gasteiger partial charge on any atom is -0.391 e. The highest BCUT2D eigenvalue weighted by Crippen LogP contribution is 2.46. The van der Waals surface area contributed by atoms with Crippen molar-refractivity contribution >= 4 is 39.4 Å². The first-order valence-corrected chi connectivity index (χ1v) is 7.08. The maximum Gasteiger partial charge on any atom is 0.186 e. The molecule has 0 aliphatic heterocycles. The Bertz CT molecular complexity index is 616. The lowest BCUT2D eigenvalue weighted by atomic mass is 9.91. The van der Waals surface area contributed by atoms with Gasteiger partial charge in [-0.15, -0.1) is 0 Å². The van der Waals surface area contributed by atoms with Crippen LogP contribution >= 0.6 is 22.6 Å². The molecule has 2 aromatic heterocycles. The minimum atomic E-state index is -1.55. The van der Waals surface area contributed by atoms with Crippen LogP contribution in [0.1, 0.15) is 25.3 Å². The van der Waals surface area contributed by atoms with Gasteiger partial charge in [0.05, 0.1) is 17.7 Å². The summed E-state index contributed by atoms with van der Waals surface area (Å²) in [7, 11) is 0. The second kappa shape index (κ2) is 4.51. The average Bonchev–Trinajstić information content (AvgIpc) is 2.73. The second-order valence-electron chi connectivity index (χ2n) is 4.75. The first-order chi connectivity index (χ1) is 9.00. The van der Waals surface area contributed by atoms with Gasteiger partial charge in [-0.1, -0.05) is 0 Å². The molecule has 2 unspecified atom stereocenters. The van der Waals surface area contributed by atoms with Crippen LogP contribution in [0.15, 0.2) is 12.5 Å². The molecular formula is C11H13FIN5O. The van der Waals surface area contributed by atoms with Crippen molar-refractivity contribution in [1.29, 1.82) is 0 Å². The van der Waals surface area contributed by atoms with Crippen LogP contribution < -0.4 is 5.73 Å². The number of nitrogens with zero attached hydrogens (tertiary/aromatic N) is 4. The average molecular weight is 377 g/mol. The monoisotopic (exact) mass is 377 g/mol. The van der Waals surface area contributed by atoms with Crippen LogP contribution in [0.5, 0.6) is 0 Å². The number of nitrogens with two attached hydrogens (primary N) is 1. The Morgan fingerprint density at radius 3 is 3.05 bits per heavy atom. The number of alkyl halides is 2. The van der Waals surface area contributed by atoms with Gasteiger partial charge in [0.25, 0.3) is 0 Å². The lowest BCUT2D eigenvalue weighted by Crippen LogP contribution is -2.42. The van der Waals surface area contributed by atoms with Crippen LogP contribution in [-0.4, -0.2) is 34.6 Å². The number of nitrogen functional groups attached to an aromatic ring is 1. The molecular weight excluding hydrogens is 364 g/mol. The Hall–Kier alpha value is -1.03. The SMILES string of the molecule is Nc1ncnc2c1cnn2[C@H]1C(O)CCCC1(F)I. The van der Waals surface area contributed by atoms with E-state index in [0.717, 1.165) is 0 Å². The number of hydrogen-bond donors (Lipinski definition) is 2. The Morgan fingerprint density at radius 2 is 2.32 bits per heavy atom. The molecule has 0 bridgehead atoms. The van der Waals surface area contributed by atoms with E-state index in [-0.39, 0.29) is 0 Å². The summed E-state index contributed by atoms with van der Waals surface area (Å²) in [5, 5.41) is 14.9. The number of halogens is 2. The second-order valence-corrected chi connectivity index (χ2v) is 6.54. The fraction of sp³-hybridized carbons (Fsp3) is 0.545. The summed E-state index contributed by atoms with van der Waals surface area (Å²) >= 11 is 1.75. The fourth-order valence-electron chi connectivity index (χ4n) is 2.56. The summed E-state index contributed by atoms with van der Waals surface area (Å²) in [6.07, 6.45) is 3.65. The maximum atomic E-state index is 14.7. The van der Waals surface area contributed by atoms with Gasteiger partial charge in [-0.2, -0.15) is 5.10 Å². The molecule has 19 heavy (non-hydrogen) atoms. The normalized spacial score (nSPS) is 31.7. The third kappa shape index (κ3) is 2.06. The highest BCUT2D eigenvalue weighted by molar-refractivity contribution is 14.1. The molecule has 0 amide bonds. The van der Waals surface area contributed by atoms with Gasteiger partial charge in [0.2, 0.25) is 0 Å². The van der Waals surface area contributed by atoms with Crippen LogP contribution in [0.3, 0.4) is 0 Å². The molecule has 1 saturated carbocycles. The Morgan fingerprint density at radius 1 is 1.53 bits per heavy atom.